The van der Waals surface area contributed by atoms with E-state index in [1.807, 2.05) is 13.0 Å². The van der Waals surface area contributed by atoms with Crippen molar-refractivity contribution in [3.63, 3.8) is 0 Å². The predicted octanol–water partition coefficient (Wildman–Crippen LogP) is -2.59. The number of aryl methyl sites for hydroxylation is 1. The molecule has 0 amide bonds. The van der Waals surface area contributed by atoms with Gasteiger partial charge in [-0.1, -0.05) is 5.16 Å². The summed E-state index contributed by atoms with van der Waals surface area (Å²) in [5, 5.41) is 13.8. The monoisotopic (exact) mass is 210 g/mol. The average Bonchev–Trinajstić information content (AvgIpc) is 2.66. The smallest absolute Gasteiger partial charge is 0.543 e. The Bertz CT molecular complexity index is 510. The molecule has 0 aromatic carbocycles. The number of rotatable bonds is 2. The van der Waals surface area contributed by atoms with Crippen molar-refractivity contribution in [3.05, 3.63) is 35.8 Å². The van der Waals surface area contributed by atoms with Gasteiger partial charge >= 0.3 is 18.9 Å². The average molecular weight is 210 g/mol. The third kappa shape index (κ3) is 2.51. The van der Waals surface area contributed by atoms with Crippen molar-refractivity contribution in [2.45, 2.75) is 6.92 Å². The molecule has 0 bridgehead atoms. The summed E-state index contributed by atoms with van der Waals surface area (Å²) in [6.07, 6.45) is 3.27. The number of carbonyl (C=O) groups excluding carboxylic acids is 1. The van der Waals surface area contributed by atoms with Gasteiger partial charge in [-0.25, -0.2) is 0 Å². The molecule has 5 nitrogen and oxygen atoms in total. The molecular formula is C10H7LiN2O3. The first-order valence-corrected chi connectivity index (χ1v) is 4.27. The van der Waals surface area contributed by atoms with Crippen LogP contribution in [0, 0.1) is 6.92 Å². The Hall–Kier alpha value is -1.57. The van der Waals surface area contributed by atoms with Gasteiger partial charge in [0.25, 0.3) is 0 Å². The third-order valence-electron chi connectivity index (χ3n) is 1.88. The molecular weight excluding hydrogens is 203 g/mol. The van der Waals surface area contributed by atoms with E-state index < -0.39 is 5.97 Å². The van der Waals surface area contributed by atoms with Crippen LogP contribution in [0.4, 0.5) is 0 Å². The van der Waals surface area contributed by atoms with Gasteiger partial charge in [-0.15, -0.1) is 0 Å². The Morgan fingerprint density at radius 1 is 1.38 bits per heavy atom. The van der Waals surface area contributed by atoms with E-state index in [-0.39, 0.29) is 24.6 Å². The molecule has 0 atom stereocenters. The minimum Gasteiger partial charge on any atom is -0.543 e. The maximum Gasteiger partial charge on any atom is 1.00 e. The third-order valence-corrected chi connectivity index (χ3v) is 1.88. The van der Waals surface area contributed by atoms with E-state index in [4.69, 9.17) is 4.52 Å². The molecule has 0 saturated carbocycles. The standard InChI is InChI=1S/C10H8N2O3.Li/c1-6-2-7(5-11-4-6)9-3-8(10(13)14)12-15-9;/h2-5H,1H3,(H,13,14);/q;+1/p-1. The van der Waals surface area contributed by atoms with E-state index in [1.165, 1.54) is 6.07 Å². The topological polar surface area (TPSA) is 79.0 Å². The second-order valence-corrected chi connectivity index (χ2v) is 3.11. The Balaban J connectivity index is 0.00000128. The molecule has 0 aliphatic heterocycles. The zero-order valence-corrected chi connectivity index (χ0v) is 8.93. The van der Waals surface area contributed by atoms with Gasteiger partial charge in [-0.2, -0.15) is 0 Å². The number of aromatic nitrogens is 2. The van der Waals surface area contributed by atoms with Crippen LogP contribution in [0.5, 0.6) is 0 Å². The van der Waals surface area contributed by atoms with E-state index >= 15 is 0 Å². The van der Waals surface area contributed by atoms with Crippen molar-refractivity contribution >= 4 is 5.97 Å². The Labute approximate surface area is 104 Å². The fourth-order valence-corrected chi connectivity index (χ4v) is 1.20. The fraction of sp³-hybridized carbons (Fsp3) is 0.100. The van der Waals surface area contributed by atoms with Gasteiger partial charge in [-0.05, 0) is 18.6 Å². The van der Waals surface area contributed by atoms with Crippen molar-refractivity contribution in [1.82, 2.24) is 10.1 Å². The van der Waals surface area contributed by atoms with Gasteiger partial charge in [0.2, 0.25) is 0 Å². The molecule has 0 fully saturated rings. The molecule has 0 saturated heterocycles. The molecule has 0 radical (unpaired) electrons. The van der Waals surface area contributed by atoms with Gasteiger partial charge in [-0.3, -0.25) is 4.98 Å². The van der Waals surface area contributed by atoms with Crippen LogP contribution in [0.1, 0.15) is 16.1 Å². The van der Waals surface area contributed by atoms with Crippen LogP contribution in [0.2, 0.25) is 0 Å². The number of carbonyl (C=O) groups is 1. The maximum absolute atomic E-state index is 10.5. The normalized spacial score (nSPS) is 9.56. The van der Waals surface area contributed by atoms with E-state index in [1.54, 1.807) is 12.4 Å². The number of nitrogens with zero attached hydrogens (tertiary/aromatic N) is 2. The first-order valence-electron chi connectivity index (χ1n) is 4.27. The van der Waals surface area contributed by atoms with E-state index in [0.29, 0.717) is 11.3 Å². The summed E-state index contributed by atoms with van der Waals surface area (Å²) in [6, 6.07) is 3.14. The number of carboxylic acid groups (broad SMARTS) is 1. The molecule has 2 aromatic heterocycles. The minimum absolute atomic E-state index is 0. The molecule has 0 spiro atoms. The van der Waals surface area contributed by atoms with Crippen LogP contribution in [0.15, 0.2) is 29.0 Å². The minimum atomic E-state index is -1.36. The molecule has 6 heteroatoms. The van der Waals surface area contributed by atoms with Crippen LogP contribution in [-0.2, 0) is 0 Å². The molecule has 2 heterocycles. The molecule has 76 valence electrons. The van der Waals surface area contributed by atoms with Gasteiger partial charge < -0.3 is 14.4 Å². The second kappa shape index (κ2) is 4.97. The maximum atomic E-state index is 10.5. The number of aromatic carboxylic acids is 1. The van der Waals surface area contributed by atoms with Gasteiger partial charge in [0.1, 0.15) is 5.69 Å². The summed E-state index contributed by atoms with van der Waals surface area (Å²) in [7, 11) is 0. The summed E-state index contributed by atoms with van der Waals surface area (Å²) in [6.45, 7) is 1.88. The number of hydrogen-bond donors (Lipinski definition) is 0. The quantitative estimate of drug-likeness (QED) is 0.508. The zero-order valence-electron chi connectivity index (χ0n) is 8.93. The molecule has 2 aromatic rings. The Kier molecular flexibility index (Phi) is 3.88. The molecule has 0 aliphatic carbocycles. The van der Waals surface area contributed by atoms with Crippen molar-refractivity contribution in [1.29, 1.82) is 0 Å². The van der Waals surface area contributed by atoms with Crippen molar-refractivity contribution < 1.29 is 33.3 Å². The van der Waals surface area contributed by atoms with Gasteiger partial charge in [0.05, 0.1) is 5.97 Å². The molecule has 2 rings (SSSR count). The van der Waals surface area contributed by atoms with Crippen LogP contribution in [0.25, 0.3) is 11.3 Å². The summed E-state index contributed by atoms with van der Waals surface area (Å²) in [5.41, 5.74) is 1.43. The van der Waals surface area contributed by atoms with Crippen molar-refractivity contribution in [2.75, 3.05) is 0 Å². The number of pyridine rings is 1. The van der Waals surface area contributed by atoms with Gasteiger partial charge in [0.15, 0.2) is 5.76 Å². The van der Waals surface area contributed by atoms with E-state index in [0.717, 1.165) is 5.56 Å². The van der Waals surface area contributed by atoms with Crippen LogP contribution >= 0.6 is 0 Å². The zero-order chi connectivity index (χ0) is 10.8. The first-order chi connectivity index (χ1) is 7.16. The first kappa shape index (κ1) is 12.5. The van der Waals surface area contributed by atoms with Crippen molar-refractivity contribution in [2.24, 2.45) is 0 Å². The van der Waals surface area contributed by atoms with E-state index in [2.05, 4.69) is 10.1 Å². The predicted molar refractivity (Wildman–Crippen MR) is 48.8 cm³/mol. The van der Waals surface area contributed by atoms with Crippen LogP contribution in [-0.4, -0.2) is 16.1 Å². The van der Waals surface area contributed by atoms with Gasteiger partial charge in [0, 0.05) is 24.0 Å². The summed E-state index contributed by atoms with van der Waals surface area (Å²) in [5.74, 6) is -0.990. The van der Waals surface area contributed by atoms with E-state index in [9.17, 15) is 9.90 Å². The summed E-state index contributed by atoms with van der Waals surface area (Å²) in [4.78, 5) is 14.4. The SMILES string of the molecule is Cc1cncc(-c2cc(C(=O)[O-])no2)c1.[Li+]. The van der Waals surface area contributed by atoms with Crippen molar-refractivity contribution in [3.8, 4) is 11.3 Å². The molecule has 0 unspecified atom stereocenters. The fourth-order valence-electron chi connectivity index (χ4n) is 1.20. The Morgan fingerprint density at radius 2 is 2.12 bits per heavy atom. The molecule has 0 aliphatic rings. The number of carboxylic acids is 1. The largest absolute Gasteiger partial charge is 1.00 e. The molecule has 0 N–H and O–H groups in total. The summed E-state index contributed by atoms with van der Waals surface area (Å²) >= 11 is 0. The van der Waals surface area contributed by atoms with Crippen LogP contribution in [0.3, 0.4) is 0 Å². The molecule has 16 heavy (non-hydrogen) atoms. The number of hydrogen-bond acceptors (Lipinski definition) is 5. The van der Waals surface area contributed by atoms with Crippen LogP contribution < -0.4 is 24.0 Å². The Morgan fingerprint density at radius 3 is 2.69 bits per heavy atom. The summed E-state index contributed by atoms with van der Waals surface area (Å²) < 4.78 is 4.86. The second-order valence-electron chi connectivity index (χ2n) is 3.11.